The molecule has 15 heavy (non-hydrogen) atoms. The molecular formula is C11H13NO3. The lowest BCUT2D eigenvalue weighted by atomic mass is 10.2. The third kappa shape index (κ3) is 3.72. The van der Waals surface area contributed by atoms with Gasteiger partial charge in [0.25, 0.3) is 0 Å². The molecule has 0 aromatic heterocycles. The Morgan fingerprint density at radius 1 is 1.40 bits per heavy atom. The van der Waals surface area contributed by atoms with Crippen LogP contribution in [0.2, 0.25) is 0 Å². The van der Waals surface area contributed by atoms with Gasteiger partial charge in [0.1, 0.15) is 0 Å². The average molecular weight is 207 g/mol. The van der Waals surface area contributed by atoms with Crippen molar-refractivity contribution >= 4 is 12.0 Å². The largest absolute Gasteiger partial charge is 0.504 e. The maximum Gasteiger partial charge on any atom is 0.217 e. The van der Waals surface area contributed by atoms with Crippen LogP contribution in [0.4, 0.5) is 0 Å². The Morgan fingerprint density at radius 2 is 2.13 bits per heavy atom. The van der Waals surface area contributed by atoms with Crippen molar-refractivity contribution in [1.82, 2.24) is 5.32 Å². The number of nitrogens with one attached hydrogen (secondary N) is 1. The highest BCUT2D eigenvalue weighted by Crippen LogP contribution is 2.25. The van der Waals surface area contributed by atoms with Crippen LogP contribution < -0.4 is 5.32 Å². The van der Waals surface area contributed by atoms with Gasteiger partial charge in [-0.3, -0.25) is 4.79 Å². The van der Waals surface area contributed by atoms with Crippen molar-refractivity contribution in [2.45, 2.75) is 6.92 Å². The number of benzene rings is 1. The molecule has 80 valence electrons. The SMILES string of the molecule is CC(=O)NCC=Cc1ccc(O)c(O)c1. The number of rotatable bonds is 3. The summed E-state index contributed by atoms with van der Waals surface area (Å²) in [6.07, 6.45) is 3.50. The number of carbonyl (C=O) groups excluding carboxylic acids is 1. The summed E-state index contributed by atoms with van der Waals surface area (Å²) in [5.41, 5.74) is 0.760. The zero-order chi connectivity index (χ0) is 11.3. The molecule has 0 radical (unpaired) electrons. The second-order valence-electron chi connectivity index (χ2n) is 3.09. The summed E-state index contributed by atoms with van der Waals surface area (Å²) in [5, 5.41) is 20.9. The van der Waals surface area contributed by atoms with E-state index in [-0.39, 0.29) is 17.4 Å². The predicted molar refractivity (Wildman–Crippen MR) is 57.5 cm³/mol. The molecule has 0 spiro atoms. The highest BCUT2D eigenvalue weighted by Gasteiger charge is 1.97. The van der Waals surface area contributed by atoms with Crippen molar-refractivity contribution < 1.29 is 15.0 Å². The minimum absolute atomic E-state index is 0.0896. The maximum absolute atomic E-state index is 10.5. The van der Waals surface area contributed by atoms with Crippen molar-refractivity contribution in [3.05, 3.63) is 29.8 Å². The monoisotopic (exact) mass is 207 g/mol. The van der Waals surface area contributed by atoms with Crippen molar-refractivity contribution in [3.8, 4) is 11.5 Å². The lowest BCUT2D eigenvalue weighted by Crippen LogP contribution is -2.19. The van der Waals surface area contributed by atoms with Crippen LogP contribution in [0.5, 0.6) is 11.5 Å². The van der Waals surface area contributed by atoms with Gasteiger partial charge in [-0.05, 0) is 17.7 Å². The first-order valence-corrected chi connectivity index (χ1v) is 4.52. The van der Waals surface area contributed by atoms with Crippen LogP contribution in [0.25, 0.3) is 6.08 Å². The zero-order valence-corrected chi connectivity index (χ0v) is 8.40. The molecule has 0 atom stereocenters. The molecule has 0 fully saturated rings. The van der Waals surface area contributed by atoms with E-state index in [0.717, 1.165) is 5.56 Å². The topological polar surface area (TPSA) is 69.6 Å². The standard InChI is InChI=1S/C11H13NO3/c1-8(13)12-6-2-3-9-4-5-10(14)11(15)7-9/h2-5,7,14-15H,6H2,1H3,(H,12,13). The number of aromatic hydroxyl groups is 2. The minimum atomic E-state index is -0.156. The fourth-order valence-electron chi connectivity index (χ4n) is 1.04. The van der Waals surface area contributed by atoms with Crippen LogP contribution in [0.15, 0.2) is 24.3 Å². The van der Waals surface area contributed by atoms with E-state index in [1.807, 2.05) is 0 Å². The summed E-state index contributed by atoms with van der Waals surface area (Å²) in [5.74, 6) is -0.390. The van der Waals surface area contributed by atoms with Crippen LogP contribution in [0.3, 0.4) is 0 Å². The highest BCUT2D eigenvalue weighted by atomic mass is 16.3. The van der Waals surface area contributed by atoms with E-state index in [0.29, 0.717) is 6.54 Å². The normalized spacial score (nSPS) is 10.5. The summed E-state index contributed by atoms with van der Waals surface area (Å²) in [6.45, 7) is 1.89. The van der Waals surface area contributed by atoms with Gasteiger partial charge in [0, 0.05) is 13.5 Å². The molecule has 0 aliphatic carbocycles. The summed E-state index contributed by atoms with van der Waals surface area (Å²) >= 11 is 0. The molecule has 0 aliphatic heterocycles. The first-order chi connectivity index (χ1) is 7.09. The number of hydrogen-bond acceptors (Lipinski definition) is 3. The fraction of sp³-hybridized carbons (Fsp3) is 0.182. The predicted octanol–water partition coefficient (Wildman–Crippen LogP) is 1.25. The Morgan fingerprint density at radius 3 is 2.73 bits per heavy atom. The Labute approximate surface area is 87.9 Å². The van der Waals surface area contributed by atoms with E-state index in [2.05, 4.69) is 5.32 Å². The van der Waals surface area contributed by atoms with Gasteiger partial charge in [-0.2, -0.15) is 0 Å². The van der Waals surface area contributed by atoms with Gasteiger partial charge < -0.3 is 15.5 Å². The Balaban J connectivity index is 2.57. The zero-order valence-electron chi connectivity index (χ0n) is 8.40. The second-order valence-corrected chi connectivity index (χ2v) is 3.09. The molecule has 0 unspecified atom stereocenters. The molecule has 0 bridgehead atoms. The van der Waals surface area contributed by atoms with E-state index in [4.69, 9.17) is 5.11 Å². The molecule has 0 saturated carbocycles. The van der Waals surface area contributed by atoms with E-state index >= 15 is 0 Å². The van der Waals surface area contributed by atoms with Gasteiger partial charge in [0.15, 0.2) is 11.5 Å². The number of amides is 1. The van der Waals surface area contributed by atoms with Gasteiger partial charge in [0.2, 0.25) is 5.91 Å². The summed E-state index contributed by atoms with van der Waals surface area (Å²) in [6, 6.07) is 4.52. The molecule has 1 amide bonds. The number of hydrogen-bond donors (Lipinski definition) is 3. The van der Waals surface area contributed by atoms with Crippen LogP contribution in [0.1, 0.15) is 12.5 Å². The van der Waals surface area contributed by atoms with Crippen LogP contribution in [0, 0.1) is 0 Å². The molecule has 0 saturated heterocycles. The van der Waals surface area contributed by atoms with Crippen molar-refractivity contribution in [2.75, 3.05) is 6.54 Å². The molecule has 4 nitrogen and oxygen atoms in total. The van der Waals surface area contributed by atoms with Crippen LogP contribution in [-0.2, 0) is 4.79 Å². The first kappa shape index (κ1) is 11.1. The van der Waals surface area contributed by atoms with E-state index < -0.39 is 0 Å². The minimum Gasteiger partial charge on any atom is -0.504 e. The van der Waals surface area contributed by atoms with Crippen molar-refractivity contribution in [1.29, 1.82) is 0 Å². The van der Waals surface area contributed by atoms with E-state index in [1.54, 1.807) is 18.2 Å². The third-order valence-corrected chi connectivity index (χ3v) is 1.78. The lowest BCUT2D eigenvalue weighted by Gasteiger charge is -1.99. The van der Waals surface area contributed by atoms with Gasteiger partial charge in [-0.15, -0.1) is 0 Å². The molecule has 0 heterocycles. The fourth-order valence-corrected chi connectivity index (χ4v) is 1.04. The summed E-state index contributed by atoms with van der Waals surface area (Å²) < 4.78 is 0. The van der Waals surface area contributed by atoms with Gasteiger partial charge >= 0.3 is 0 Å². The maximum atomic E-state index is 10.5. The average Bonchev–Trinajstić information content (AvgIpc) is 2.18. The molecular weight excluding hydrogens is 194 g/mol. The smallest absolute Gasteiger partial charge is 0.217 e. The van der Waals surface area contributed by atoms with Gasteiger partial charge in [-0.25, -0.2) is 0 Å². The van der Waals surface area contributed by atoms with Crippen molar-refractivity contribution in [3.63, 3.8) is 0 Å². The molecule has 1 aromatic rings. The summed E-state index contributed by atoms with van der Waals surface area (Å²) in [4.78, 5) is 10.5. The second kappa shape index (κ2) is 5.05. The summed E-state index contributed by atoms with van der Waals surface area (Å²) in [7, 11) is 0. The van der Waals surface area contributed by atoms with E-state index in [9.17, 15) is 9.90 Å². The van der Waals surface area contributed by atoms with Gasteiger partial charge in [-0.1, -0.05) is 18.2 Å². The number of carbonyl (C=O) groups is 1. The third-order valence-electron chi connectivity index (χ3n) is 1.78. The highest BCUT2D eigenvalue weighted by molar-refractivity contribution is 5.73. The molecule has 3 N–H and O–H groups in total. The number of phenolic OH excluding ortho intramolecular Hbond substituents is 2. The van der Waals surface area contributed by atoms with Crippen LogP contribution in [-0.4, -0.2) is 22.7 Å². The lowest BCUT2D eigenvalue weighted by molar-refractivity contribution is -0.118. The Hall–Kier alpha value is -1.97. The Bertz CT molecular complexity index is 385. The van der Waals surface area contributed by atoms with E-state index in [1.165, 1.54) is 19.1 Å². The molecule has 1 aromatic carbocycles. The van der Waals surface area contributed by atoms with Crippen molar-refractivity contribution in [2.24, 2.45) is 0 Å². The molecule has 0 aliphatic rings. The molecule has 4 heteroatoms. The van der Waals surface area contributed by atoms with Gasteiger partial charge in [0.05, 0.1) is 0 Å². The molecule has 1 rings (SSSR count). The Kier molecular flexibility index (Phi) is 3.74. The van der Waals surface area contributed by atoms with Crippen LogP contribution >= 0.6 is 0 Å². The number of phenols is 2. The quantitative estimate of drug-likeness (QED) is 0.653. The first-order valence-electron chi connectivity index (χ1n) is 4.52.